The molecule has 8 nitrogen and oxygen atoms in total. The van der Waals surface area contributed by atoms with E-state index in [1.807, 2.05) is 6.92 Å². The van der Waals surface area contributed by atoms with E-state index in [4.69, 9.17) is 0 Å². The number of benzene rings is 2. The summed E-state index contributed by atoms with van der Waals surface area (Å²) in [6, 6.07) is 11.3. The minimum absolute atomic E-state index is 0.0401. The Bertz CT molecular complexity index is 1120. The van der Waals surface area contributed by atoms with Gasteiger partial charge in [0.15, 0.2) is 0 Å². The first-order valence-corrected chi connectivity index (χ1v) is 11.0. The van der Waals surface area contributed by atoms with Crippen molar-refractivity contribution < 1.29 is 22.8 Å². The first-order valence-electron chi connectivity index (χ1n) is 9.59. The Hall–Kier alpha value is -3.30. The third-order valence-corrected chi connectivity index (χ3v) is 6.74. The zero-order chi connectivity index (χ0) is 22.8. The van der Waals surface area contributed by atoms with E-state index in [0.29, 0.717) is 11.4 Å². The number of amides is 3. The number of hydrogen-bond acceptors (Lipinski definition) is 5. The first-order chi connectivity index (χ1) is 14.6. The van der Waals surface area contributed by atoms with Crippen LogP contribution in [0.2, 0.25) is 0 Å². The van der Waals surface area contributed by atoms with Gasteiger partial charge in [-0.1, -0.05) is 23.8 Å². The van der Waals surface area contributed by atoms with Gasteiger partial charge in [0, 0.05) is 19.2 Å². The van der Waals surface area contributed by atoms with E-state index in [9.17, 15) is 22.8 Å². The molecular weight excluding hydrogens is 418 g/mol. The van der Waals surface area contributed by atoms with Gasteiger partial charge in [-0.2, -0.15) is 4.31 Å². The largest absolute Gasteiger partial charge is 0.326 e. The van der Waals surface area contributed by atoms with Crippen molar-refractivity contribution in [2.45, 2.75) is 31.2 Å². The van der Waals surface area contributed by atoms with Crippen LogP contribution in [0.3, 0.4) is 0 Å². The van der Waals surface area contributed by atoms with E-state index >= 15 is 0 Å². The topological polar surface area (TPSA) is 104 Å². The van der Waals surface area contributed by atoms with Crippen molar-refractivity contribution in [3.63, 3.8) is 0 Å². The maximum atomic E-state index is 13.2. The average Bonchev–Trinajstić information content (AvgIpc) is 3.00. The van der Waals surface area contributed by atoms with Crippen LogP contribution in [0.15, 0.2) is 66.1 Å². The van der Waals surface area contributed by atoms with Crippen LogP contribution in [0.1, 0.15) is 18.9 Å². The number of nitrogens with zero attached hydrogens (tertiary/aromatic N) is 2. The van der Waals surface area contributed by atoms with E-state index in [2.05, 4.69) is 11.9 Å². The van der Waals surface area contributed by atoms with E-state index in [1.54, 1.807) is 24.3 Å². The molecule has 3 amide bonds. The van der Waals surface area contributed by atoms with Crippen LogP contribution in [0.25, 0.3) is 0 Å². The molecule has 0 bridgehead atoms. The van der Waals surface area contributed by atoms with Crippen LogP contribution < -0.4 is 10.2 Å². The number of carbonyl (C=O) groups excluding carboxylic acids is 3. The van der Waals surface area contributed by atoms with Crippen molar-refractivity contribution >= 4 is 39.1 Å². The second kappa shape index (κ2) is 8.83. The maximum absolute atomic E-state index is 13.2. The molecule has 1 fully saturated rings. The number of rotatable bonds is 7. The fourth-order valence-corrected chi connectivity index (χ4v) is 4.93. The van der Waals surface area contributed by atoms with Gasteiger partial charge >= 0.3 is 0 Å². The second-order valence-corrected chi connectivity index (χ2v) is 9.08. The molecule has 2 aromatic rings. The third kappa shape index (κ3) is 4.57. The quantitative estimate of drug-likeness (QED) is 0.525. The van der Waals surface area contributed by atoms with Gasteiger partial charge < -0.3 is 5.32 Å². The zero-order valence-electron chi connectivity index (χ0n) is 17.2. The molecule has 1 heterocycles. The van der Waals surface area contributed by atoms with E-state index in [1.165, 1.54) is 37.3 Å². The highest BCUT2D eigenvalue weighted by Crippen LogP contribution is 2.30. The summed E-state index contributed by atoms with van der Waals surface area (Å²) < 4.78 is 27.4. The smallest absolute Gasteiger partial charge is 0.252 e. The molecule has 1 unspecified atom stereocenters. The predicted molar refractivity (Wildman–Crippen MR) is 117 cm³/mol. The molecule has 31 heavy (non-hydrogen) atoms. The fraction of sp³-hybridized carbons (Fsp3) is 0.227. The van der Waals surface area contributed by atoms with Crippen LogP contribution in [0, 0.1) is 6.92 Å². The molecular formula is C22H23N3O5S. The summed E-state index contributed by atoms with van der Waals surface area (Å²) in [6.45, 7) is 6.69. The lowest BCUT2D eigenvalue weighted by molar-refractivity contribution is -0.122. The van der Waals surface area contributed by atoms with Crippen molar-refractivity contribution in [2.75, 3.05) is 16.8 Å². The average molecular weight is 442 g/mol. The minimum atomic E-state index is -4.03. The van der Waals surface area contributed by atoms with Crippen LogP contribution in [0.4, 0.5) is 11.4 Å². The molecule has 0 aliphatic carbocycles. The standard InChI is InChI=1S/C22H23N3O5S/c1-4-13-24(31(29,30)19-11-5-15(2)6-12-19)20-14-21(27)25(22(20)28)18-9-7-17(8-10-18)23-16(3)26/h4-12,20H,1,13-14H2,2-3H3,(H,23,26). The number of nitrogens with one attached hydrogen (secondary N) is 1. The van der Waals surface area contributed by atoms with Crippen molar-refractivity contribution in [1.82, 2.24) is 4.31 Å². The van der Waals surface area contributed by atoms with Gasteiger partial charge in [-0.15, -0.1) is 6.58 Å². The van der Waals surface area contributed by atoms with Crippen LogP contribution in [-0.4, -0.2) is 43.0 Å². The lowest BCUT2D eigenvalue weighted by atomic mass is 10.2. The van der Waals surface area contributed by atoms with E-state index < -0.39 is 27.9 Å². The lowest BCUT2D eigenvalue weighted by Crippen LogP contribution is -2.45. The molecule has 1 atom stereocenters. The summed E-state index contributed by atoms with van der Waals surface area (Å²) in [4.78, 5) is 38.0. The monoisotopic (exact) mass is 441 g/mol. The van der Waals surface area contributed by atoms with Crippen molar-refractivity contribution in [3.05, 3.63) is 66.7 Å². The SMILES string of the molecule is C=CCN(C1CC(=O)N(c2ccc(NC(C)=O)cc2)C1=O)S(=O)(=O)c1ccc(C)cc1. The highest BCUT2D eigenvalue weighted by atomic mass is 32.2. The first kappa shape index (κ1) is 22.4. The molecule has 0 radical (unpaired) electrons. The van der Waals surface area contributed by atoms with Gasteiger partial charge in [-0.3, -0.25) is 14.4 Å². The molecule has 0 aromatic heterocycles. The summed E-state index contributed by atoms with van der Waals surface area (Å²) in [6.07, 6.45) is 1.11. The van der Waals surface area contributed by atoms with Gasteiger partial charge in [0.1, 0.15) is 6.04 Å². The van der Waals surface area contributed by atoms with Gasteiger partial charge in [-0.25, -0.2) is 13.3 Å². The third-order valence-electron chi connectivity index (χ3n) is 4.85. The number of aryl methyl sites for hydroxylation is 1. The minimum Gasteiger partial charge on any atom is -0.326 e. The Morgan fingerprint density at radius 3 is 2.32 bits per heavy atom. The van der Waals surface area contributed by atoms with Gasteiger partial charge in [-0.05, 0) is 43.3 Å². The summed E-state index contributed by atoms with van der Waals surface area (Å²) in [5, 5.41) is 2.60. The van der Waals surface area contributed by atoms with E-state index in [0.717, 1.165) is 14.8 Å². The lowest BCUT2D eigenvalue weighted by Gasteiger charge is -2.25. The van der Waals surface area contributed by atoms with Crippen molar-refractivity contribution in [2.24, 2.45) is 0 Å². The van der Waals surface area contributed by atoms with Crippen LogP contribution >= 0.6 is 0 Å². The van der Waals surface area contributed by atoms with Gasteiger partial charge in [0.25, 0.3) is 5.91 Å². The molecule has 3 rings (SSSR count). The predicted octanol–water partition coefficient (Wildman–Crippen LogP) is 2.46. The second-order valence-electron chi connectivity index (χ2n) is 7.19. The Morgan fingerprint density at radius 2 is 1.77 bits per heavy atom. The summed E-state index contributed by atoms with van der Waals surface area (Å²) in [5.74, 6) is -1.38. The number of imide groups is 1. The Kier molecular flexibility index (Phi) is 6.37. The number of anilines is 2. The molecule has 1 aliphatic heterocycles. The molecule has 1 aliphatic rings. The highest BCUT2D eigenvalue weighted by Gasteiger charge is 2.46. The Balaban J connectivity index is 1.91. The van der Waals surface area contributed by atoms with Crippen LogP contribution in [-0.2, 0) is 24.4 Å². The summed E-state index contributed by atoms with van der Waals surface area (Å²) >= 11 is 0. The molecule has 0 spiro atoms. The normalized spacial score (nSPS) is 16.6. The summed E-state index contributed by atoms with van der Waals surface area (Å²) in [7, 11) is -4.03. The maximum Gasteiger partial charge on any atom is 0.252 e. The molecule has 2 aromatic carbocycles. The van der Waals surface area contributed by atoms with Gasteiger partial charge in [0.2, 0.25) is 21.8 Å². The van der Waals surface area contributed by atoms with Crippen molar-refractivity contribution in [3.8, 4) is 0 Å². The summed E-state index contributed by atoms with van der Waals surface area (Å²) in [5.41, 5.74) is 1.72. The molecule has 162 valence electrons. The number of carbonyl (C=O) groups is 3. The molecule has 0 saturated carbocycles. The number of sulfonamides is 1. The van der Waals surface area contributed by atoms with Crippen LogP contribution in [0.5, 0.6) is 0 Å². The highest BCUT2D eigenvalue weighted by molar-refractivity contribution is 7.89. The molecule has 1 N–H and O–H groups in total. The fourth-order valence-electron chi connectivity index (χ4n) is 3.38. The Labute approximate surface area is 181 Å². The van der Waals surface area contributed by atoms with E-state index in [-0.39, 0.29) is 23.8 Å². The van der Waals surface area contributed by atoms with Crippen molar-refractivity contribution in [1.29, 1.82) is 0 Å². The Morgan fingerprint density at radius 1 is 1.16 bits per heavy atom. The molecule has 9 heteroatoms. The molecule has 1 saturated heterocycles. The number of hydrogen-bond donors (Lipinski definition) is 1. The van der Waals surface area contributed by atoms with Gasteiger partial charge in [0.05, 0.1) is 17.0 Å². The zero-order valence-corrected chi connectivity index (χ0v) is 18.1.